The minimum Gasteiger partial charge on any atom is -0.374 e. The molecule has 0 saturated carbocycles. The summed E-state index contributed by atoms with van der Waals surface area (Å²) >= 11 is 0. The second-order valence-electron chi connectivity index (χ2n) is 8.65. The van der Waals surface area contributed by atoms with E-state index in [0.717, 1.165) is 17.8 Å². The number of anilines is 3. The summed E-state index contributed by atoms with van der Waals surface area (Å²) < 4.78 is 22.5. The highest BCUT2D eigenvalue weighted by Gasteiger charge is 2.55. The molecule has 0 unspecified atom stereocenters. The summed E-state index contributed by atoms with van der Waals surface area (Å²) in [5, 5.41) is 0. The lowest BCUT2D eigenvalue weighted by atomic mass is 9.73. The number of fused-ring (bicyclic) bond motifs is 3. The molecule has 0 aromatic carbocycles. The van der Waals surface area contributed by atoms with Crippen molar-refractivity contribution >= 4 is 33.1 Å². The Morgan fingerprint density at radius 3 is 2.75 bits per heavy atom. The molecule has 2 aromatic heterocycles. The molecule has 9 heteroatoms. The van der Waals surface area contributed by atoms with E-state index in [2.05, 4.69) is 45.0 Å². The monoisotopic (exact) mass is 402 g/mol. The van der Waals surface area contributed by atoms with E-state index in [1.54, 1.807) is 24.8 Å². The highest BCUT2D eigenvalue weighted by atomic mass is 32.2. The minimum atomic E-state index is -2.31. The molecule has 2 atom stereocenters. The first-order chi connectivity index (χ1) is 13.0. The molecule has 0 radical (unpaired) electrons. The number of nitrogens with zero attached hydrogens (tertiary/aromatic N) is 5. The molecule has 0 amide bonds. The normalized spacial score (nSPS) is 25.9. The first-order valence-electron chi connectivity index (χ1n) is 9.19. The summed E-state index contributed by atoms with van der Waals surface area (Å²) in [4.78, 5) is 15.6. The zero-order chi connectivity index (χ0) is 20.3. The van der Waals surface area contributed by atoms with Gasteiger partial charge in [-0.25, -0.2) is 14.2 Å². The average Bonchev–Trinajstić information content (AvgIpc) is 2.81. The SMILES string of the molecule is CC1(C)C[C@H]2N(c3cccc(N=S(C)(C)=O)n3)c3nc(N)ncc3[C@@]2(C)CO1. The van der Waals surface area contributed by atoms with Gasteiger partial charge in [0.25, 0.3) is 0 Å². The van der Waals surface area contributed by atoms with Crippen molar-refractivity contribution in [2.24, 2.45) is 4.36 Å². The molecule has 1 fully saturated rings. The molecule has 4 heterocycles. The fourth-order valence-electron chi connectivity index (χ4n) is 4.04. The maximum atomic E-state index is 12.1. The Hall–Kier alpha value is -2.26. The first-order valence-corrected chi connectivity index (χ1v) is 11.5. The first kappa shape index (κ1) is 19.1. The van der Waals surface area contributed by atoms with Gasteiger partial charge in [-0.2, -0.15) is 9.35 Å². The van der Waals surface area contributed by atoms with Gasteiger partial charge < -0.3 is 15.4 Å². The standard InChI is InChI=1S/C19H26N6O2S/c1-18(2)9-13-19(3,11-27-18)12-10-21-17(20)23-16(12)25(13)15-8-6-7-14(22-15)24-28(4,5)26/h6-8,10,13H,9,11H2,1-5H3,(H2,20,21,23)/t13-,19-/m1/s1. The quantitative estimate of drug-likeness (QED) is 0.823. The van der Waals surface area contributed by atoms with Crippen molar-refractivity contribution in [1.82, 2.24) is 15.0 Å². The third kappa shape index (κ3) is 3.22. The van der Waals surface area contributed by atoms with E-state index in [1.165, 1.54) is 0 Å². The van der Waals surface area contributed by atoms with E-state index in [9.17, 15) is 4.21 Å². The van der Waals surface area contributed by atoms with Crippen LogP contribution in [0.15, 0.2) is 28.8 Å². The smallest absolute Gasteiger partial charge is 0.221 e. The van der Waals surface area contributed by atoms with Gasteiger partial charge in [-0.05, 0) is 32.4 Å². The van der Waals surface area contributed by atoms with Crippen molar-refractivity contribution in [3.63, 3.8) is 0 Å². The van der Waals surface area contributed by atoms with Crippen LogP contribution in [0.25, 0.3) is 0 Å². The predicted molar refractivity (Wildman–Crippen MR) is 111 cm³/mol. The van der Waals surface area contributed by atoms with Gasteiger partial charge in [-0.3, -0.25) is 0 Å². The number of nitrogen functional groups attached to an aromatic ring is 1. The van der Waals surface area contributed by atoms with E-state index in [0.29, 0.717) is 18.2 Å². The van der Waals surface area contributed by atoms with Crippen molar-refractivity contribution in [3.8, 4) is 0 Å². The van der Waals surface area contributed by atoms with Crippen LogP contribution in [0.2, 0.25) is 0 Å². The number of hydrogen-bond donors (Lipinski definition) is 1. The molecule has 2 N–H and O–H groups in total. The Bertz CT molecular complexity index is 1050. The molecule has 0 aliphatic carbocycles. The van der Waals surface area contributed by atoms with E-state index in [4.69, 9.17) is 10.5 Å². The molecule has 2 aromatic rings. The largest absolute Gasteiger partial charge is 0.374 e. The topological polar surface area (TPSA) is 107 Å². The Morgan fingerprint density at radius 1 is 1.29 bits per heavy atom. The van der Waals surface area contributed by atoms with E-state index >= 15 is 0 Å². The van der Waals surface area contributed by atoms with Crippen molar-refractivity contribution in [2.75, 3.05) is 29.8 Å². The van der Waals surface area contributed by atoms with Crippen LogP contribution < -0.4 is 10.6 Å². The molecular formula is C19H26N6O2S. The average molecular weight is 403 g/mol. The van der Waals surface area contributed by atoms with Crippen LogP contribution in [0.4, 0.5) is 23.4 Å². The molecule has 28 heavy (non-hydrogen) atoms. The zero-order valence-corrected chi connectivity index (χ0v) is 17.7. The number of aromatic nitrogens is 3. The summed E-state index contributed by atoms with van der Waals surface area (Å²) in [7, 11) is -2.31. The number of hydrogen-bond acceptors (Lipinski definition) is 8. The minimum absolute atomic E-state index is 0.0812. The zero-order valence-electron chi connectivity index (χ0n) is 16.8. The predicted octanol–water partition coefficient (Wildman–Crippen LogP) is 2.79. The maximum absolute atomic E-state index is 12.1. The van der Waals surface area contributed by atoms with Gasteiger partial charge in [-0.15, -0.1) is 0 Å². The fraction of sp³-hybridized carbons (Fsp3) is 0.526. The third-order valence-corrected chi connectivity index (χ3v) is 6.03. The molecule has 4 rings (SSSR count). The van der Waals surface area contributed by atoms with Gasteiger partial charge in [0.15, 0.2) is 5.82 Å². The molecule has 8 nitrogen and oxygen atoms in total. The number of rotatable bonds is 2. The maximum Gasteiger partial charge on any atom is 0.221 e. The second kappa shape index (κ2) is 6.12. The van der Waals surface area contributed by atoms with Crippen LogP contribution >= 0.6 is 0 Å². The molecule has 2 aliphatic rings. The van der Waals surface area contributed by atoms with Crippen LogP contribution in [-0.4, -0.2) is 49.9 Å². The Kier molecular flexibility index (Phi) is 4.17. The summed E-state index contributed by atoms with van der Waals surface area (Å²) in [5.74, 6) is 2.11. The molecule has 1 saturated heterocycles. The summed E-state index contributed by atoms with van der Waals surface area (Å²) in [6, 6.07) is 5.63. The van der Waals surface area contributed by atoms with E-state index < -0.39 is 9.73 Å². The van der Waals surface area contributed by atoms with Gasteiger partial charge in [0.1, 0.15) is 11.6 Å². The highest BCUT2D eigenvalue weighted by molar-refractivity contribution is 7.92. The van der Waals surface area contributed by atoms with Crippen molar-refractivity contribution in [3.05, 3.63) is 30.0 Å². The Labute approximate surface area is 165 Å². The number of nitrogens with two attached hydrogens (primary N) is 1. The molecular weight excluding hydrogens is 376 g/mol. The molecule has 0 spiro atoms. The second-order valence-corrected chi connectivity index (χ2v) is 11.2. The fourth-order valence-corrected chi connectivity index (χ4v) is 4.59. The van der Waals surface area contributed by atoms with E-state index in [-0.39, 0.29) is 23.0 Å². The molecule has 0 bridgehead atoms. The van der Waals surface area contributed by atoms with Crippen LogP contribution in [0.5, 0.6) is 0 Å². The number of ether oxygens (including phenoxy) is 1. The lowest BCUT2D eigenvalue weighted by Crippen LogP contribution is -2.54. The van der Waals surface area contributed by atoms with Crippen LogP contribution in [-0.2, 0) is 19.9 Å². The van der Waals surface area contributed by atoms with Crippen LogP contribution in [0.3, 0.4) is 0 Å². The lowest BCUT2D eigenvalue weighted by Gasteiger charge is -2.46. The van der Waals surface area contributed by atoms with E-state index in [1.807, 2.05) is 12.1 Å². The van der Waals surface area contributed by atoms with Gasteiger partial charge in [-0.1, -0.05) is 13.0 Å². The van der Waals surface area contributed by atoms with Gasteiger partial charge in [0.05, 0.1) is 18.2 Å². The van der Waals surface area contributed by atoms with Crippen molar-refractivity contribution in [2.45, 2.75) is 44.2 Å². The van der Waals surface area contributed by atoms with Gasteiger partial charge >= 0.3 is 0 Å². The highest BCUT2D eigenvalue weighted by Crippen LogP contribution is 2.52. The molecule has 2 aliphatic heterocycles. The summed E-state index contributed by atoms with van der Waals surface area (Å²) in [6.45, 7) is 6.92. The van der Waals surface area contributed by atoms with Crippen LogP contribution in [0, 0.1) is 0 Å². The van der Waals surface area contributed by atoms with Gasteiger partial charge in [0, 0.05) is 39.4 Å². The number of pyridine rings is 1. The van der Waals surface area contributed by atoms with Crippen molar-refractivity contribution in [1.29, 1.82) is 0 Å². The molecule has 150 valence electrons. The summed E-state index contributed by atoms with van der Waals surface area (Å²) in [5.41, 5.74) is 6.36. The van der Waals surface area contributed by atoms with Crippen molar-refractivity contribution < 1.29 is 8.95 Å². The summed E-state index contributed by atoms with van der Waals surface area (Å²) in [6.07, 6.45) is 5.78. The van der Waals surface area contributed by atoms with Gasteiger partial charge in [0.2, 0.25) is 5.95 Å². The third-order valence-electron chi connectivity index (χ3n) is 5.41. The Morgan fingerprint density at radius 2 is 2.04 bits per heavy atom. The Balaban J connectivity index is 1.89. The lowest BCUT2D eigenvalue weighted by molar-refractivity contribution is -0.0893. The van der Waals surface area contributed by atoms with Crippen LogP contribution in [0.1, 0.15) is 32.8 Å².